The first-order chi connectivity index (χ1) is 14.4. The second-order valence-corrected chi connectivity index (χ2v) is 6.37. The number of halogens is 3. The molecule has 0 spiro atoms. The average Bonchev–Trinajstić information content (AvgIpc) is 2.69. The van der Waals surface area contributed by atoms with Crippen LogP contribution in [0.25, 0.3) is 17.1 Å². The molecule has 8 nitrogen and oxygen atoms in total. The second-order valence-electron chi connectivity index (χ2n) is 6.37. The van der Waals surface area contributed by atoms with E-state index in [9.17, 15) is 18.0 Å². The minimum atomic E-state index is -4.44. The molecule has 0 unspecified atom stereocenters. The number of ether oxygens (including phenoxy) is 3. The summed E-state index contributed by atoms with van der Waals surface area (Å²) in [7, 11) is 0. The Labute approximate surface area is 167 Å². The van der Waals surface area contributed by atoms with E-state index in [0.29, 0.717) is 30.3 Å². The lowest BCUT2D eigenvalue weighted by Gasteiger charge is -2.27. The van der Waals surface area contributed by atoms with E-state index < -0.39 is 18.3 Å². The molecule has 3 aromatic rings. The molecule has 3 heterocycles. The van der Waals surface area contributed by atoms with Gasteiger partial charge in [0.2, 0.25) is 0 Å². The Morgan fingerprint density at radius 2 is 1.90 bits per heavy atom. The van der Waals surface area contributed by atoms with Gasteiger partial charge in [-0.3, -0.25) is 4.79 Å². The van der Waals surface area contributed by atoms with Crippen molar-refractivity contribution in [2.24, 2.45) is 0 Å². The highest BCUT2D eigenvalue weighted by atomic mass is 19.4. The maximum atomic E-state index is 12.9. The van der Waals surface area contributed by atoms with Crippen LogP contribution in [-0.4, -0.2) is 51.6 Å². The molecule has 0 atom stereocenters. The number of benzene rings is 1. The average molecular weight is 420 g/mol. The summed E-state index contributed by atoms with van der Waals surface area (Å²) in [6.45, 7) is -0.687. The minimum absolute atomic E-state index is 0.0181. The number of rotatable bonds is 6. The quantitative estimate of drug-likeness (QED) is 0.605. The fourth-order valence-electron chi connectivity index (χ4n) is 2.64. The molecule has 30 heavy (non-hydrogen) atoms. The Balaban J connectivity index is 1.68. The van der Waals surface area contributed by atoms with Gasteiger partial charge in [0.05, 0.1) is 30.3 Å². The summed E-state index contributed by atoms with van der Waals surface area (Å²) in [5.41, 5.74) is 0.660. The molecule has 0 aliphatic carbocycles. The minimum Gasteiger partial charge on any atom is -0.484 e. The van der Waals surface area contributed by atoms with Crippen molar-refractivity contribution in [3.63, 3.8) is 0 Å². The van der Waals surface area contributed by atoms with E-state index in [2.05, 4.69) is 15.0 Å². The summed E-state index contributed by atoms with van der Waals surface area (Å²) in [5, 5.41) is 0. The van der Waals surface area contributed by atoms with E-state index in [4.69, 9.17) is 14.2 Å². The summed E-state index contributed by atoms with van der Waals surface area (Å²) >= 11 is 0. The van der Waals surface area contributed by atoms with Crippen LogP contribution in [0.15, 0.2) is 53.7 Å². The zero-order valence-corrected chi connectivity index (χ0v) is 15.4. The van der Waals surface area contributed by atoms with Gasteiger partial charge in [0, 0.05) is 12.3 Å². The Morgan fingerprint density at radius 1 is 1.13 bits per heavy atom. The molecule has 0 amide bonds. The lowest BCUT2D eigenvalue weighted by Crippen LogP contribution is -2.40. The predicted octanol–water partition coefficient (Wildman–Crippen LogP) is 2.41. The topological polar surface area (TPSA) is 88.4 Å². The van der Waals surface area contributed by atoms with Crippen LogP contribution in [-0.2, 0) is 4.74 Å². The van der Waals surface area contributed by atoms with Gasteiger partial charge in [-0.15, -0.1) is 0 Å². The number of hydrogen-bond acceptors (Lipinski definition) is 7. The highest BCUT2D eigenvalue weighted by Crippen LogP contribution is 2.24. The molecular weight excluding hydrogens is 405 g/mol. The van der Waals surface area contributed by atoms with Gasteiger partial charge < -0.3 is 14.2 Å². The van der Waals surface area contributed by atoms with Crippen LogP contribution in [0.3, 0.4) is 0 Å². The molecule has 1 saturated heterocycles. The third-order valence-electron chi connectivity index (χ3n) is 4.11. The fourth-order valence-corrected chi connectivity index (χ4v) is 2.64. The van der Waals surface area contributed by atoms with E-state index >= 15 is 0 Å². The standard InChI is InChI=1S/C19H15F3N4O4/c20-19(21,22)10-29-13-3-1-12(2-4-13)26-17(27)7-16(15-5-6-23-11-24-15)25-18(26)30-14-8-28-9-14/h1-7,11,14H,8-10H2. The largest absolute Gasteiger partial charge is 0.484 e. The molecule has 1 aliphatic rings. The summed E-state index contributed by atoms with van der Waals surface area (Å²) in [6.07, 6.45) is -1.85. The maximum absolute atomic E-state index is 12.9. The summed E-state index contributed by atoms with van der Waals surface area (Å²) in [5.74, 6) is 0.0181. The third kappa shape index (κ3) is 4.57. The van der Waals surface area contributed by atoms with E-state index in [-0.39, 0.29) is 17.9 Å². The number of hydrogen-bond donors (Lipinski definition) is 0. The van der Waals surface area contributed by atoms with Crippen LogP contribution >= 0.6 is 0 Å². The van der Waals surface area contributed by atoms with Crippen molar-refractivity contribution in [1.82, 2.24) is 19.5 Å². The molecule has 2 aromatic heterocycles. The van der Waals surface area contributed by atoms with Gasteiger partial charge in [-0.2, -0.15) is 18.2 Å². The molecule has 0 N–H and O–H groups in total. The van der Waals surface area contributed by atoms with Crippen molar-refractivity contribution in [2.45, 2.75) is 12.3 Å². The predicted molar refractivity (Wildman–Crippen MR) is 97.6 cm³/mol. The Hall–Kier alpha value is -3.47. The van der Waals surface area contributed by atoms with Gasteiger partial charge in [0.1, 0.15) is 18.2 Å². The molecule has 156 valence electrons. The smallest absolute Gasteiger partial charge is 0.422 e. The van der Waals surface area contributed by atoms with Crippen molar-refractivity contribution in [2.75, 3.05) is 19.8 Å². The molecular formula is C19H15F3N4O4. The van der Waals surface area contributed by atoms with E-state index in [0.717, 1.165) is 0 Å². The van der Waals surface area contributed by atoms with Crippen molar-refractivity contribution >= 4 is 0 Å². The van der Waals surface area contributed by atoms with E-state index in [1.54, 1.807) is 6.07 Å². The van der Waals surface area contributed by atoms with Gasteiger partial charge in [-0.05, 0) is 30.3 Å². The van der Waals surface area contributed by atoms with Gasteiger partial charge in [0.15, 0.2) is 6.61 Å². The van der Waals surface area contributed by atoms with Crippen molar-refractivity contribution in [3.05, 3.63) is 59.3 Å². The van der Waals surface area contributed by atoms with Gasteiger partial charge in [0.25, 0.3) is 5.56 Å². The Bertz CT molecular complexity index is 1070. The van der Waals surface area contributed by atoms with Crippen molar-refractivity contribution in [1.29, 1.82) is 0 Å². The van der Waals surface area contributed by atoms with E-state index in [1.165, 1.54) is 47.4 Å². The molecule has 1 fully saturated rings. The lowest BCUT2D eigenvalue weighted by molar-refractivity contribution is -0.153. The van der Waals surface area contributed by atoms with Crippen LogP contribution in [0.1, 0.15) is 0 Å². The normalized spacial score (nSPS) is 14.2. The molecule has 4 rings (SSSR count). The molecule has 0 saturated carbocycles. The van der Waals surface area contributed by atoms with Gasteiger partial charge >= 0.3 is 12.2 Å². The molecule has 1 aromatic carbocycles. The molecule has 1 aliphatic heterocycles. The summed E-state index contributed by atoms with van der Waals surface area (Å²) in [6, 6.07) is 8.49. The third-order valence-corrected chi connectivity index (χ3v) is 4.11. The van der Waals surface area contributed by atoms with Crippen LogP contribution in [0.4, 0.5) is 13.2 Å². The fraction of sp³-hybridized carbons (Fsp3) is 0.263. The Morgan fingerprint density at radius 3 is 2.50 bits per heavy atom. The lowest BCUT2D eigenvalue weighted by atomic mass is 10.2. The first kappa shape index (κ1) is 19.8. The summed E-state index contributed by atoms with van der Waals surface area (Å²) < 4.78 is 53.8. The van der Waals surface area contributed by atoms with E-state index in [1.807, 2.05) is 0 Å². The first-order valence-corrected chi connectivity index (χ1v) is 8.84. The van der Waals surface area contributed by atoms with Crippen LogP contribution in [0.2, 0.25) is 0 Å². The van der Waals surface area contributed by atoms with Gasteiger partial charge in [-0.25, -0.2) is 14.5 Å². The van der Waals surface area contributed by atoms with Crippen molar-refractivity contribution < 1.29 is 27.4 Å². The summed E-state index contributed by atoms with van der Waals surface area (Å²) in [4.78, 5) is 25.2. The number of nitrogens with zero attached hydrogens (tertiary/aromatic N) is 4. The van der Waals surface area contributed by atoms with Crippen LogP contribution in [0.5, 0.6) is 11.8 Å². The highest BCUT2D eigenvalue weighted by Gasteiger charge is 2.28. The SMILES string of the molecule is O=c1cc(-c2ccncn2)nc(OC2COC2)n1-c1ccc(OCC(F)(F)F)cc1. The van der Waals surface area contributed by atoms with Crippen LogP contribution < -0.4 is 15.0 Å². The monoisotopic (exact) mass is 420 g/mol. The molecule has 11 heteroatoms. The first-order valence-electron chi connectivity index (χ1n) is 8.84. The maximum Gasteiger partial charge on any atom is 0.422 e. The van der Waals surface area contributed by atoms with Gasteiger partial charge in [-0.1, -0.05) is 0 Å². The van der Waals surface area contributed by atoms with Crippen molar-refractivity contribution in [3.8, 4) is 28.8 Å². The van der Waals surface area contributed by atoms with Crippen LogP contribution in [0, 0.1) is 0 Å². The number of alkyl halides is 3. The number of aromatic nitrogens is 4. The zero-order chi connectivity index (χ0) is 21.1. The zero-order valence-electron chi connectivity index (χ0n) is 15.4. The Kier molecular flexibility index (Phi) is 5.36. The molecule has 0 radical (unpaired) electrons. The second kappa shape index (κ2) is 8.11. The molecule has 0 bridgehead atoms. The highest BCUT2D eigenvalue weighted by molar-refractivity contribution is 5.54.